The molecule has 120 valence electrons. The van der Waals surface area contributed by atoms with E-state index in [1.807, 2.05) is 0 Å². The molecule has 0 aromatic heterocycles. The van der Waals surface area contributed by atoms with Gasteiger partial charge in [-0.05, 0) is 64.8 Å². The van der Waals surface area contributed by atoms with Crippen LogP contribution in [-0.2, 0) is 0 Å². The molecule has 0 unspecified atom stereocenters. The van der Waals surface area contributed by atoms with Crippen molar-refractivity contribution in [1.82, 2.24) is 9.13 Å². The number of nitrogens with zero attached hydrogens (tertiary/aromatic N) is 2. The first-order chi connectivity index (χ1) is 9.52. The second kappa shape index (κ2) is 10.6. The van der Waals surface area contributed by atoms with Crippen LogP contribution in [0.15, 0.2) is 11.8 Å². The van der Waals surface area contributed by atoms with Crippen LogP contribution in [0.2, 0.25) is 6.55 Å². The van der Waals surface area contributed by atoms with Crippen molar-refractivity contribution in [3.05, 3.63) is 11.8 Å². The topological polar surface area (TPSA) is 6.48 Å². The maximum atomic E-state index is 4.49. The summed E-state index contributed by atoms with van der Waals surface area (Å²) < 4.78 is 5.59. The lowest BCUT2D eigenvalue weighted by molar-refractivity contribution is 0.324. The molecule has 2 nitrogen and oxygen atoms in total. The van der Waals surface area contributed by atoms with Gasteiger partial charge in [0, 0.05) is 0 Å². The third-order valence-electron chi connectivity index (χ3n) is 4.30. The van der Waals surface area contributed by atoms with Crippen molar-refractivity contribution >= 4 is 8.40 Å². The Bertz CT molecular complexity index is 238. The van der Waals surface area contributed by atoms with Gasteiger partial charge in [0.05, 0.1) is 0 Å². The molecular weight excluding hydrogens is 260 g/mol. The Morgan fingerprint density at radius 1 is 0.750 bits per heavy atom. The fourth-order valence-electron chi connectivity index (χ4n) is 3.16. The summed E-state index contributed by atoms with van der Waals surface area (Å²) in [5, 5.41) is 1.50. The molecule has 0 aliphatic rings. The Hall–Kier alpha value is -0.123. The van der Waals surface area contributed by atoms with Crippen molar-refractivity contribution < 1.29 is 0 Å². The molecule has 0 radical (unpaired) electrons. The summed E-state index contributed by atoms with van der Waals surface area (Å²) in [6, 6.07) is 0. The SMILES string of the molecule is C=C(CC)[Si](C)(N(CCC)CCC)N(CCC)CCC. The second-order valence-corrected chi connectivity index (χ2v) is 9.97. The summed E-state index contributed by atoms with van der Waals surface area (Å²) in [4.78, 5) is 0. The summed E-state index contributed by atoms with van der Waals surface area (Å²) in [7, 11) is -1.72. The maximum Gasteiger partial charge on any atom is 0.231 e. The van der Waals surface area contributed by atoms with E-state index in [4.69, 9.17) is 0 Å². The van der Waals surface area contributed by atoms with Crippen molar-refractivity contribution in [1.29, 1.82) is 0 Å². The van der Waals surface area contributed by atoms with Gasteiger partial charge in [-0.3, -0.25) is 0 Å². The van der Waals surface area contributed by atoms with Crippen LogP contribution in [0.25, 0.3) is 0 Å². The standard InChI is InChI=1S/C17H38N2Si/c1-8-13-18(14-9-2)20(7,17(6)12-5)19(15-10-3)16-11-4/h6,8-16H2,1-5,7H3. The smallest absolute Gasteiger partial charge is 0.231 e. The van der Waals surface area contributed by atoms with E-state index in [0.29, 0.717) is 0 Å². The third kappa shape index (κ3) is 5.01. The minimum atomic E-state index is -1.72. The molecular formula is C17H38N2Si. The average Bonchev–Trinajstić information content (AvgIpc) is 2.45. The van der Waals surface area contributed by atoms with Gasteiger partial charge in [0.2, 0.25) is 8.40 Å². The van der Waals surface area contributed by atoms with Gasteiger partial charge in [0.25, 0.3) is 0 Å². The maximum absolute atomic E-state index is 4.49. The second-order valence-electron chi connectivity index (χ2n) is 5.95. The van der Waals surface area contributed by atoms with Crippen molar-refractivity contribution in [3.63, 3.8) is 0 Å². The van der Waals surface area contributed by atoms with E-state index in [9.17, 15) is 0 Å². The van der Waals surface area contributed by atoms with Crippen molar-refractivity contribution in [2.24, 2.45) is 0 Å². The Kier molecular flexibility index (Phi) is 10.5. The first-order valence-electron chi connectivity index (χ1n) is 8.70. The molecule has 0 aliphatic heterocycles. The highest BCUT2D eigenvalue weighted by Crippen LogP contribution is 2.26. The Morgan fingerprint density at radius 3 is 1.25 bits per heavy atom. The zero-order valence-corrected chi connectivity index (χ0v) is 16.0. The molecule has 0 aliphatic carbocycles. The minimum Gasteiger partial charge on any atom is -0.308 e. The predicted octanol–water partition coefficient (Wildman–Crippen LogP) is 4.81. The monoisotopic (exact) mass is 298 g/mol. The molecule has 0 saturated heterocycles. The molecule has 20 heavy (non-hydrogen) atoms. The number of hydrogen-bond acceptors (Lipinski definition) is 2. The van der Waals surface area contributed by atoms with Gasteiger partial charge in [0.15, 0.2) is 0 Å². The fraction of sp³-hybridized carbons (Fsp3) is 0.882. The summed E-state index contributed by atoms with van der Waals surface area (Å²) in [5.41, 5.74) is 0. The van der Waals surface area contributed by atoms with Gasteiger partial charge >= 0.3 is 0 Å². The van der Waals surface area contributed by atoms with Gasteiger partial charge in [0.1, 0.15) is 0 Å². The van der Waals surface area contributed by atoms with Crippen molar-refractivity contribution in [2.75, 3.05) is 26.2 Å². The fourth-order valence-corrected chi connectivity index (χ4v) is 7.76. The first-order valence-corrected chi connectivity index (χ1v) is 11.1. The Morgan fingerprint density at radius 2 is 1.05 bits per heavy atom. The molecule has 0 aromatic rings. The summed E-state index contributed by atoms with van der Waals surface area (Å²) in [6.45, 7) is 23.4. The molecule has 0 saturated carbocycles. The quantitative estimate of drug-likeness (QED) is 0.477. The number of allylic oxidation sites excluding steroid dienone is 1. The molecule has 0 rings (SSSR count). The zero-order chi connectivity index (χ0) is 15.6. The van der Waals surface area contributed by atoms with Crippen molar-refractivity contribution in [2.45, 2.75) is 73.3 Å². The minimum absolute atomic E-state index is 1.12. The highest BCUT2D eigenvalue weighted by Gasteiger charge is 2.41. The molecule has 0 amide bonds. The highest BCUT2D eigenvalue weighted by molar-refractivity contribution is 6.80. The summed E-state index contributed by atoms with van der Waals surface area (Å²) in [5.74, 6) is 0. The van der Waals surface area contributed by atoms with E-state index in [1.54, 1.807) is 0 Å². The molecule has 3 heteroatoms. The van der Waals surface area contributed by atoms with Crippen LogP contribution in [0.3, 0.4) is 0 Å². The van der Waals surface area contributed by atoms with E-state index in [1.165, 1.54) is 57.1 Å². The normalized spacial score (nSPS) is 12.4. The Balaban J connectivity index is 5.45. The molecule has 0 aromatic carbocycles. The van der Waals surface area contributed by atoms with E-state index in [-0.39, 0.29) is 0 Å². The van der Waals surface area contributed by atoms with Gasteiger partial charge in [-0.25, -0.2) is 0 Å². The van der Waals surface area contributed by atoms with Crippen molar-refractivity contribution in [3.8, 4) is 0 Å². The predicted molar refractivity (Wildman–Crippen MR) is 95.4 cm³/mol. The lowest BCUT2D eigenvalue weighted by Crippen LogP contribution is -2.65. The summed E-state index contributed by atoms with van der Waals surface area (Å²) in [6.07, 6.45) is 6.09. The lowest BCUT2D eigenvalue weighted by Gasteiger charge is -2.48. The van der Waals surface area contributed by atoms with Crippen LogP contribution in [0, 0.1) is 0 Å². The van der Waals surface area contributed by atoms with E-state index >= 15 is 0 Å². The van der Waals surface area contributed by atoms with Crippen LogP contribution in [0.4, 0.5) is 0 Å². The summed E-state index contributed by atoms with van der Waals surface area (Å²) >= 11 is 0. The van der Waals surface area contributed by atoms with E-state index in [0.717, 1.165) is 6.42 Å². The highest BCUT2D eigenvalue weighted by atomic mass is 28.3. The van der Waals surface area contributed by atoms with Crippen LogP contribution in [-0.4, -0.2) is 43.7 Å². The average molecular weight is 299 g/mol. The van der Waals surface area contributed by atoms with Gasteiger partial charge < -0.3 is 9.13 Å². The number of hydrogen-bond donors (Lipinski definition) is 0. The largest absolute Gasteiger partial charge is 0.308 e. The molecule has 0 heterocycles. The van der Waals surface area contributed by atoms with Crippen LogP contribution >= 0.6 is 0 Å². The first kappa shape index (κ1) is 19.9. The van der Waals surface area contributed by atoms with Gasteiger partial charge in [-0.2, -0.15) is 0 Å². The molecule has 0 atom stereocenters. The van der Waals surface area contributed by atoms with E-state index in [2.05, 4.69) is 56.9 Å². The van der Waals surface area contributed by atoms with Crippen LogP contribution in [0.1, 0.15) is 66.7 Å². The molecule has 0 bridgehead atoms. The van der Waals surface area contributed by atoms with Gasteiger partial charge in [-0.15, -0.1) is 6.58 Å². The van der Waals surface area contributed by atoms with Crippen LogP contribution in [0.5, 0.6) is 0 Å². The third-order valence-corrected chi connectivity index (χ3v) is 9.35. The zero-order valence-electron chi connectivity index (χ0n) is 15.0. The van der Waals surface area contributed by atoms with Gasteiger partial charge in [-0.1, -0.05) is 39.8 Å². The van der Waals surface area contributed by atoms with Crippen LogP contribution < -0.4 is 0 Å². The van der Waals surface area contributed by atoms with E-state index < -0.39 is 8.40 Å². The lowest BCUT2D eigenvalue weighted by atomic mass is 10.4. The molecule has 0 N–H and O–H groups in total. The molecule has 0 fully saturated rings. The number of rotatable bonds is 12. The Labute approximate surface area is 129 Å². The molecule has 0 spiro atoms.